The first kappa shape index (κ1) is 12.6. The Morgan fingerprint density at radius 3 is 2.25 bits per heavy atom. The fourth-order valence-corrected chi connectivity index (χ4v) is 2.04. The molecule has 0 aromatic heterocycles. The van der Waals surface area contributed by atoms with Crippen LogP contribution in [0.1, 0.15) is 13.8 Å². The Balaban J connectivity index is 2.94. The molecule has 0 unspecified atom stereocenters. The van der Waals surface area contributed by atoms with E-state index in [1.807, 2.05) is 0 Å². The van der Waals surface area contributed by atoms with Crippen LogP contribution in [0.15, 0.2) is 46.7 Å². The zero-order valence-corrected chi connectivity index (χ0v) is 10.1. The topological polar surface area (TPSA) is 51.2 Å². The molecule has 0 saturated heterocycles. The van der Waals surface area contributed by atoms with Crippen molar-refractivity contribution in [2.24, 2.45) is 5.92 Å². The fourth-order valence-electron chi connectivity index (χ4n) is 1.04. The van der Waals surface area contributed by atoms with Gasteiger partial charge in [0.2, 0.25) is 0 Å². The minimum absolute atomic E-state index is 0.192. The average Bonchev–Trinajstić information content (AvgIpc) is 2.27. The number of hydrogen-bond donors (Lipinski definition) is 0. The molecule has 1 aromatic carbocycles. The summed E-state index contributed by atoms with van der Waals surface area (Å²) in [6.07, 6.45) is 1.12. The van der Waals surface area contributed by atoms with Crippen molar-refractivity contribution in [3.8, 4) is 0 Å². The Morgan fingerprint density at radius 2 is 1.75 bits per heavy atom. The van der Waals surface area contributed by atoms with Gasteiger partial charge in [0.1, 0.15) is 0 Å². The summed E-state index contributed by atoms with van der Waals surface area (Å²) >= 11 is 0. The molecule has 86 valence electrons. The SMILES string of the molecule is CC(C)C(=O)/C=C/S(=O)(=O)c1ccccc1. The summed E-state index contributed by atoms with van der Waals surface area (Å²) in [6, 6.07) is 8.02. The maximum Gasteiger partial charge on any atom is 0.199 e. The van der Waals surface area contributed by atoms with Crippen LogP contribution < -0.4 is 0 Å². The molecule has 0 bridgehead atoms. The monoisotopic (exact) mass is 238 g/mol. The Morgan fingerprint density at radius 1 is 1.19 bits per heavy atom. The van der Waals surface area contributed by atoms with E-state index in [0.717, 1.165) is 11.5 Å². The number of sulfone groups is 1. The third kappa shape index (κ3) is 3.31. The average molecular weight is 238 g/mol. The van der Waals surface area contributed by atoms with Gasteiger partial charge in [0.05, 0.1) is 4.90 Å². The van der Waals surface area contributed by atoms with Crippen LogP contribution in [0.2, 0.25) is 0 Å². The number of carbonyl (C=O) groups excluding carboxylic acids is 1. The molecule has 0 heterocycles. The highest BCUT2D eigenvalue weighted by molar-refractivity contribution is 7.94. The van der Waals surface area contributed by atoms with E-state index >= 15 is 0 Å². The van der Waals surface area contributed by atoms with Crippen LogP contribution in [0.3, 0.4) is 0 Å². The van der Waals surface area contributed by atoms with Crippen LogP contribution in [0.4, 0.5) is 0 Å². The van der Waals surface area contributed by atoms with E-state index in [9.17, 15) is 13.2 Å². The number of rotatable bonds is 4. The van der Waals surface area contributed by atoms with Crippen molar-refractivity contribution in [2.45, 2.75) is 18.7 Å². The molecule has 0 fully saturated rings. The van der Waals surface area contributed by atoms with E-state index in [4.69, 9.17) is 0 Å². The number of carbonyl (C=O) groups is 1. The molecule has 0 aliphatic carbocycles. The third-order valence-corrected chi connectivity index (χ3v) is 3.48. The third-order valence-electron chi connectivity index (χ3n) is 2.05. The Kier molecular flexibility index (Phi) is 4.01. The van der Waals surface area contributed by atoms with Crippen LogP contribution in [0.25, 0.3) is 0 Å². The van der Waals surface area contributed by atoms with Gasteiger partial charge >= 0.3 is 0 Å². The second kappa shape index (κ2) is 5.07. The fraction of sp³-hybridized carbons (Fsp3) is 0.250. The number of hydrogen-bond acceptors (Lipinski definition) is 3. The summed E-state index contributed by atoms with van der Waals surface area (Å²) < 4.78 is 23.4. The molecule has 0 saturated carbocycles. The van der Waals surface area contributed by atoms with Crippen molar-refractivity contribution in [1.82, 2.24) is 0 Å². The van der Waals surface area contributed by atoms with E-state index < -0.39 is 9.84 Å². The zero-order chi connectivity index (χ0) is 12.2. The standard InChI is InChI=1S/C12H14O3S/c1-10(2)12(13)8-9-16(14,15)11-6-4-3-5-7-11/h3-10H,1-2H3/b9-8+. The lowest BCUT2D eigenvalue weighted by Gasteiger charge is -1.99. The molecule has 0 atom stereocenters. The van der Waals surface area contributed by atoms with Gasteiger partial charge in [-0.3, -0.25) is 4.79 Å². The summed E-state index contributed by atoms with van der Waals surface area (Å²) in [5.74, 6) is -0.387. The maximum absolute atomic E-state index is 11.7. The Hall–Kier alpha value is -1.42. The van der Waals surface area contributed by atoms with Gasteiger partial charge in [0.15, 0.2) is 15.6 Å². The molecular formula is C12H14O3S. The highest BCUT2D eigenvalue weighted by atomic mass is 32.2. The highest BCUT2D eigenvalue weighted by Crippen LogP contribution is 2.11. The lowest BCUT2D eigenvalue weighted by atomic mass is 10.1. The molecule has 0 N–H and O–H groups in total. The maximum atomic E-state index is 11.7. The Labute approximate surface area is 95.7 Å². The summed E-state index contributed by atoms with van der Waals surface area (Å²) in [4.78, 5) is 11.5. The number of ketones is 1. The van der Waals surface area contributed by atoms with Crippen molar-refractivity contribution in [2.75, 3.05) is 0 Å². The zero-order valence-electron chi connectivity index (χ0n) is 9.25. The van der Waals surface area contributed by atoms with Crippen LogP contribution in [0.5, 0.6) is 0 Å². The smallest absolute Gasteiger partial charge is 0.199 e. The van der Waals surface area contributed by atoms with Crippen molar-refractivity contribution in [3.63, 3.8) is 0 Å². The van der Waals surface area contributed by atoms with Gasteiger partial charge in [-0.05, 0) is 18.2 Å². The molecule has 0 amide bonds. The van der Waals surface area contributed by atoms with Crippen LogP contribution >= 0.6 is 0 Å². The first-order chi connectivity index (χ1) is 7.43. The largest absolute Gasteiger partial charge is 0.295 e. The first-order valence-corrected chi connectivity index (χ1v) is 6.50. The van der Waals surface area contributed by atoms with Gasteiger partial charge in [-0.15, -0.1) is 0 Å². The van der Waals surface area contributed by atoms with Gasteiger partial charge in [0, 0.05) is 11.3 Å². The predicted molar refractivity (Wildman–Crippen MR) is 62.6 cm³/mol. The second-order valence-electron chi connectivity index (χ2n) is 3.72. The molecule has 1 aromatic rings. The van der Waals surface area contributed by atoms with Crippen LogP contribution in [-0.2, 0) is 14.6 Å². The molecule has 0 aliphatic rings. The molecule has 4 heteroatoms. The van der Waals surface area contributed by atoms with Gasteiger partial charge in [-0.1, -0.05) is 32.0 Å². The van der Waals surface area contributed by atoms with Crippen molar-refractivity contribution < 1.29 is 13.2 Å². The van der Waals surface area contributed by atoms with Gasteiger partial charge in [0.25, 0.3) is 0 Å². The summed E-state index contributed by atoms with van der Waals surface area (Å²) in [6.45, 7) is 3.45. The summed E-state index contributed by atoms with van der Waals surface area (Å²) in [5, 5.41) is 0.963. The Bertz CT molecular complexity index is 484. The molecule has 0 spiro atoms. The summed E-state index contributed by atoms with van der Waals surface area (Å²) in [7, 11) is -3.49. The molecule has 0 radical (unpaired) electrons. The lowest BCUT2D eigenvalue weighted by Crippen LogP contribution is -2.04. The van der Waals surface area contributed by atoms with Crippen molar-refractivity contribution in [1.29, 1.82) is 0 Å². The highest BCUT2D eigenvalue weighted by Gasteiger charge is 2.10. The minimum atomic E-state index is -3.49. The number of allylic oxidation sites excluding steroid dienone is 1. The van der Waals surface area contributed by atoms with E-state index in [0.29, 0.717) is 0 Å². The van der Waals surface area contributed by atoms with Gasteiger partial charge in [-0.2, -0.15) is 0 Å². The molecule has 0 aliphatic heterocycles. The van der Waals surface area contributed by atoms with E-state index in [1.165, 1.54) is 12.1 Å². The molecule has 1 rings (SSSR count). The number of benzene rings is 1. The van der Waals surface area contributed by atoms with Gasteiger partial charge < -0.3 is 0 Å². The van der Waals surface area contributed by atoms with E-state index in [1.54, 1.807) is 32.0 Å². The first-order valence-electron chi connectivity index (χ1n) is 4.95. The molecular weight excluding hydrogens is 224 g/mol. The van der Waals surface area contributed by atoms with Crippen molar-refractivity contribution >= 4 is 15.6 Å². The lowest BCUT2D eigenvalue weighted by molar-refractivity contribution is -0.117. The quantitative estimate of drug-likeness (QED) is 0.756. The van der Waals surface area contributed by atoms with Crippen molar-refractivity contribution in [3.05, 3.63) is 41.8 Å². The van der Waals surface area contributed by atoms with Gasteiger partial charge in [-0.25, -0.2) is 8.42 Å². The second-order valence-corrected chi connectivity index (χ2v) is 5.55. The van der Waals surface area contributed by atoms with E-state index in [2.05, 4.69) is 0 Å². The van der Waals surface area contributed by atoms with Crippen LogP contribution in [0, 0.1) is 5.92 Å². The molecule has 16 heavy (non-hydrogen) atoms. The minimum Gasteiger partial charge on any atom is -0.295 e. The van der Waals surface area contributed by atoms with Crippen LogP contribution in [-0.4, -0.2) is 14.2 Å². The van der Waals surface area contributed by atoms with E-state index in [-0.39, 0.29) is 16.6 Å². The predicted octanol–water partition coefficient (Wildman–Crippen LogP) is 2.20. The normalized spacial score (nSPS) is 12.2. The summed E-state index contributed by atoms with van der Waals surface area (Å²) in [5.41, 5.74) is 0. The molecule has 3 nitrogen and oxygen atoms in total.